The van der Waals surface area contributed by atoms with E-state index in [4.69, 9.17) is 0 Å². The van der Waals surface area contributed by atoms with Crippen molar-refractivity contribution in [3.05, 3.63) is 29.1 Å². The van der Waals surface area contributed by atoms with Gasteiger partial charge in [0.25, 0.3) is 5.91 Å². The Hall–Kier alpha value is -1.42. The van der Waals surface area contributed by atoms with Gasteiger partial charge in [-0.3, -0.25) is 4.79 Å². The van der Waals surface area contributed by atoms with Crippen LogP contribution in [0.3, 0.4) is 0 Å². The van der Waals surface area contributed by atoms with E-state index in [0.717, 1.165) is 53.8 Å². The summed E-state index contributed by atoms with van der Waals surface area (Å²) in [5, 5.41) is 3.12. The third-order valence-electron chi connectivity index (χ3n) is 5.82. The Bertz CT molecular complexity index is 578. The SMILES string of the molecule is CC[N+]1(C2(C(=O)Nc3c(C)cc(F)cc3C)CC2)CCCC1. The van der Waals surface area contributed by atoms with Gasteiger partial charge in [0.1, 0.15) is 5.82 Å². The molecule has 22 heavy (non-hydrogen) atoms. The van der Waals surface area contributed by atoms with Gasteiger partial charge in [-0.15, -0.1) is 0 Å². The maximum absolute atomic E-state index is 13.4. The molecule has 0 bridgehead atoms. The standard InChI is InChI=1S/C18H25FN2O/c1-4-21(9-5-6-10-21)18(7-8-18)17(22)20-16-13(2)11-15(19)12-14(16)3/h11-12H,4-10H2,1-3H3/p+1. The lowest BCUT2D eigenvalue weighted by Crippen LogP contribution is -2.60. The number of benzene rings is 1. The Kier molecular flexibility index (Phi) is 3.76. The average molecular weight is 305 g/mol. The van der Waals surface area contributed by atoms with Gasteiger partial charge in [-0.25, -0.2) is 4.39 Å². The Balaban J connectivity index is 1.86. The van der Waals surface area contributed by atoms with Gasteiger partial charge in [-0.1, -0.05) is 0 Å². The Labute approximate surface area is 132 Å². The molecule has 2 fully saturated rings. The maximum atomic E-state index is 13.4. The van der Waals surface area contributed by atoms with Gasteiger partial charge in [-0.2, -0.15) is 0 Å². The second kappa shape index (κ2) is 5.34. The third kappa shape index (κ3) is 2.24. The number of hydrogen-bond acceptors (Lipinski definition) is 1. The van der Waals surface area contributed by atoms with Crippen LogP contribution in [0.5, 0.6) is 0 Å². The number of rotatable bonds is 4. The molecular formula is C18H26FN2O+. The molecule has 0 radical (unpaired) electrons. The predicted octanol–water partition coefficient (Wildman–Crippen LogP) is 3.54. The maximum Gasteiger partial charge on any atom is 0.285 e. The van der Waals surface area contributed by atoms with E-state index < -0.39 is 0 Å². The number of amides is 1. The highest BCUT2D eigenvalue weighted by molar-refractivity contribution is 6.00. The summed E-state index contributed by atoms with van der Waals surface area (Å²) in [6.45, 7) is 9.16. The highest BCUT2D eigenvalue weighted by Crippen LogP contribution is 2.50. The molecule has 1 amide bonds. The van der Waals surface area contributed by atoms with Crippen LogP contribution in [0.15, 0.2) is 12.1 Å². The second-order valence-electron chi connectivity index (χ2n) is 7.02. The lowest BCUT2D eigenvalue weighted by molar-refractivity contribution is -0.940. The van der Waals surface area contributed by atoms with Gasteiger partial charge in [-0.05, 0) is 44.0 Å². The molecule has 1 heterocycles. The molecule has 0 unspecified atom stereocenters. The molecule has 1 aromatic carbocycles. The minimum absolute atomic E-state index is 0.133. The first-order chi connectivity index (χ1) is 10.4. The molecule has 0 spiro atoms. The predicted molar refractivity (Wildman–Crippen MR) is 86.2 cm³/mol. The lowest BCUT2D eigenvalue weighted by atomic mass is 10.1. The zero-order valence-electron chi connectivity index (χ0n) is 13.8. The fourth-order valence-electron chi connectivity index (χ4n) is 4.36. The zero-order chi connectivity index (χ0) is 16.0. The van der Waals surface area contributed by atoms with E-state index in [1.54, 1.807) is 0 Å². The molecule has 1 saturated carbocycles. The van der Waals surface area contributed by atoms with Crippen LogP contribution in [-0.2, 0) is 4.79 Å². The average Bonchev–Trinajstić information content (AvgIpc) is 3.15. The topological polar surface area (TPSA) is 29.1 Å². The zero-order valence-corrected chi connectivity index (χ0v) is 13.8. The van der Waals surface area contributed by atoms with Gasteiger partial charge < -0.3 is 9.80 Å². The molecule has 1 aliphatic carbocycles. The summed E-state index contributed by atoms with van der Waals surface area (Å²) in [5.41, 5.74) is 2.14. The summed E-state index contributed by atoms with van der Waals surface area (Å²) in [6, 6.07) is 2.98. The summed E-state index contributed by atoms with van der Waals surface area (Å²) in [6.07, 6.45) is 4.40. The van der Waals surface area contributed by atoms with E-state index >= 15 is 0 Å². The minimum atomic E-state index is -0.245. The van der Waals surface area contributed by atoms with Crippen molar-refractivity contribution in [1.29, 1.82) is 0 Å². The minimum Gasteiger partial charge on any atom is -0.320 e. The normalized spacial score (nSPS) is 21.6. The first-order valence-electron chi connectivity index (χ1n) is 8.38. The molecule has 1 saturated heterocycles. The number of quaternary nitrogens is 1. The van der Waals surface area contributed by atoms with Crippen molar-refractivity contribution < 1.29 is 13.7 Å². The molecular weight excluding hydrogens is 279 g/mol. The summed E-state index contributed by atoms with van der Waals surface area (Å²) in [5.74, 6) is -0.111. The Morgan fingerprint density at radius 3 is 2.23 bits per heavy atom. The fraction of sp³-hybridized carbons (Fsp3) is 0.611. The second-order valence-corrected chi connectivity index (χ2v) is 7.02. The van der Waals surface area contributed by atoms with E-state index in [2.05, 4.69) is 12.2 Å². The van der Waals surface area contributed by atoms with Gasteiger partial charge in [0.05, 0.1) is 19.6 Å². The summed E-state index contributed by atoms with van der Waals surface area (Å²) in [4.78, 5) is 13.0. The number of nitrogens with one attached hydrogen (secondary N) is 1. The summed E-state index contributed by atoms with van der Waals surface area (Å²) >= 11 is 0. The number of aryl methyl sites for hydroxylation is 2. The Morgan fingerprint density at radius 1 is 1.23 bits per heavy atom. The van der Waals surface area contributed by atoms with Gasteiger partial charge in [0, 0.05) is 31.4 Å². The van der Waals surface area contributed by atoms with Gasteiger partial charge in [0.2, 0.25) is 0 Å². The monoisotopic (exact) mass is 305 g/mol. The van der Waals surface area contributed by atoms with Crippen molar-refractivity contribution >= 4 is 11.6 Å². The van der Waals surface area contributed by atoms with Gasteiger partial charge in [0.15, 0.2) is 5.54 Å². The van der Waals surface area contributed by atoms with Crippen LogP contribution in [0.4, 0.5) is 10.1 Å². The molecule has 3 rings (SSSR count). The van der Waals surface area contributed by atoms with Crippen molar-refractivity contribution in [2.45, 2.75) is 52.0 Å². The molecule has 1 N–H and O–H groups in total. The van der Waals surface area contributed by atoms with Crippen LogP contribution in [0.25, 0.3) is 0 Å². The third-order valence-corrected chi connectivity index (χ3v) is 5.82. The van der Waals surface area contributed by atoms with E-state index in [0.29, 0.717) is 0 Å². The summed E-state index contributed by atoms with van der Waals surface area (Å²) < 4.78 is 14.4. The summed E-state index contributed by atoms with van der Waals surface area (Å²) in [7, 11) is 0. The van der Waals surface area contributed by atoms with Crippen LogP contribution in [0, 0.1) is 19.7 Å². The highest BCUT2D eigenvalue weighted by atomic mass is 19.1. The van der Waals surface area contributed by atoms with E-state index in [1.807, 2.05) is 13.8 Å². The number of nitrogens with zero attached hydrogens (tertiary/aromatic N) is 1. The van der Waals surface area contributed by atoms with E-state index in [1.165, 1.54) is 25.0 Å². The molecule has 2 aliphatic rings. The number of carbonyl (C=O) groups is 1. The lowest BCUT2D eigenvalue weighted by Gasteiger charge is -2.40. The van der Waals surface area contributed by atoms with Crippen LogP contribution in [-0.4, -0.2) is 35.6 Å². The first kappa shape index (κ1) is 15.5. The van der Waals surface area contributed by atoms with Gasteiger partial charge >= 0.3 is 0 Å². The highest BCUT2D eigenvalue weighted by Gasteiger charge is 2.65. The smallest absolute Gasteiger partial charge is 0.285 e. The fourth-order valence-corrected chi connectivity index (χ4v) is 4.36. The van der Waals surface area contributed by atoms with Crippen molar-refractivity contribution in [3.63, 3.8) is 0 Å². The Morgan fingerprint density at radius 2 is 1.77 bits per heavy atom. The van der Waals surface area contributed by atoms with Crippen molar-refractivity contribution in [3.8, 4) is 0 Å². The molecule has 3 nitrogen and oxygen atoms in total. The van der Waals surface area contributed by atoms with Crippen LogP contribution >= 0.6 is 0 Å². The molecule has 0 atom stereocenters. The number of hydrogen-bond donors (Lipinski definition) is 1. The molecule has 1 aliphatic heterocycles. The number of anilines is 1. The van der Waals surface area contributed by atoms with Crippen LogP contribution < -0.4 is 5.32 Å². The molecule has 1 aromatic rings. The van der Waals surface area contributed by atoms with Crippen LogP contribution in [0.2, 0.25) is 0 Å². The van der Waals surface area contributed by atoms with Crippen molar-refractivity contribution in [2.24, 2.45) is 0 Å². The van der Waals surface area contributed by atoms with Crippen LogP contribution in [0.1, 0.15) is 43.7 Å². The molecule has 0 aromatic heterocycles. The van der Waals surface area contributed by atoms with E-state index in [-0.39, 0.29) is 17.3 Å². The van der Waals surface area contributed by atoms with Crippen molar-refractivity contribution in [2.75, 3.05) is 25.0 Å². The quantitative estimate of drug-likeness (QED) is 0.847. The number of halogens is 1. The first-order valence-corrected chi connectivity index (χ1v) is 8.38. The number of likely N-dealkylation sites (tertiary alicyclic amines) is 1. The number of likely N-dealkylation sites (N-methyl/N-ethyl adjacent to an activating group) is 1. The van der Waals surface area contributed by atoms with E-state index in [9.17, 15) is 9.18 Å². The molecule has 120 valence electrons. The largest absolute Gasteiger partial charge is 0.320 e. The number of carbonyl (C=O) groups excluding carboxylic acids is 1. The molecule has 4 heteroatoms. The van der Waals surface area contributed by atoms with Crippen molar-refractivity contribution in [1.82, 2.24) is 0 Å².